The first kappa shape index (κ1) is 19.0. The van der Waals surface area contributed by atoms with Gasteiger partial charge in [0.25, 0.3) is 0 Å². The molecule has 7 nitrogen and oxygen atoms in total. The van der Waals surface area contributed by atoms with Crippen molar-refractivity contribution < 1.29 is 19.7 Å². The van der Waals surface area contributed by atoms with Crippen LogP contribution in [0, 0.1) is 0 Å². The van der Waals surface area contributed by atoms with Crippen LogP contribution in [-0.4, -0.2) is 52.7 Å². The summed E-state index contributed by atoms with van der Waals surface area (Å²) in [5, 5.41) is 25.6. The minimum Gasteiger partial charge on any atom is -0.489 e. The third-order valence-electron chi connectivity index (χ3n) is 5.07. The molecular formula is C22H23N3O4. The number of nitrogens with zero attached hydrogens (tertiary/aromatic N) is 2. The Morgan fingerprint density at radius 1 is 1.07 bits per heavy atom. The monoisotopic (exact) mass is 393 g/mol. The van der Waals surface area contributed by atoms with Crippen LogP contribution in [0.15, 0.2) is 48.5 Å². The van der Waals surface area contributed by atoms with Crippen molar-refractivity contribution in [2.75, 3.05) is 31.2 Å². The SMILES string of the molecule is O=C(O)c1ccc(-c2cc(-c3ccc(OCCO)c(N4CCCC4)c3)n[nH]2)cc1. The largest absolute Gasteiger partial charge is 0.489 e. The number of carboxylic acids is 1. The van der Waals surface area contributed by atoms with Crippen molar-refractivity contribution in [2.45, 2.75) is 12.8 Å². The number of aliphatic hydroxyl groups is 1. The van der Waals surface area contributed by atoms with Crippen molar-refractivity contribution >= 4 is 11.7 Å². The van der Waals surface area contributed by atoms with Crippen molar-refractivity contribution in [1.82, 2.24) is 10.2 Å². The molecule has 1 fully saturated rings. The van der Waals surface area contributed by atoms with Gasteiger partial charge in [0, 0.05) is 18.7 Å². The van der Waals surface area contributed by atoms with E-state index in [9.17, 15) is 4.79 Å². The fourth-order valence-electron chi connectivity index (χ4n) is 3.57. The molecule has 0 amide bonds. The molecule has 0 aliphatic carbocycles. The van der Waals surface area contributed by atoms with Gasteiger partial charge in [-0.05, 0) is 54.8 Å². The number of anilines is 1. The summed E-state index contributed by atoms with van der Waals surface area (Å²) in [4.78, 5) is 13.3. The molecule has 0 spiro atoms. The lowest BCUT2D eigenvalue weighted by molar-refractivity contribution is 0.0697. The Hall–Kier alpha value is -3.32. The predicted molar refractivity (Wildman–Crippen MR) is 110 cm³/mol. The molecule has 2 aromatic carbocycles. The molecule has 0 radical (unpaired) electrons. The van der Waals surface area contributed by atoms with Crippen LogP contribution in [0.5, 0.6) is 5.75 Å². The summed E-state index contributed by atoms with van der Waals surface area (Å²) in [6.07, 6.45) is 2.31. The summed E-state index contributed by atoms with van der Waals surface area (Å²) in [6.45, 7) is 2.21. The van der Waals surface area contributed by atoms with Gasteiger partial charge in [-0.1, -0.05) is 12.1 Å². The summed E-state index contributed by atoms with van der Waals surface area (Å²) < 4.78 is 5.73. The molecule has 29 heavy (non-hydrogen) atoms. The summed E-state index contributed by atoms with van der Waals surface area (Å²) in [5.41, 5.74) is 4.73. The molecule has 7 heteroatoms. The number of benzene rings is 2. The van der Waals surface area contributed by atoms with E-state index in [0.717, 1.165) is 59.9 Å². The highest BCUT2D eigenvalue weighted by atomic mass is 16.5. The van der Waals surface area contributed by atoms with Crippen LogP contribution in [0.3, 0.4) is 0 Å². The smallest absolute Gasteiger partial charge is 0.335 e. The maximum atomic E-state index is 11.0. The van der Waals surface area contributed by atoms with E-state index in [4.69, 9.17) is 14.9 Å². The third-order valence-corrected chi connectivity index (χ3v) is 5.07. The second-order valence-electron chi connectivity index (χ2n) is 7.00. The first-order valence-corrected chi connectivity index (χ1v) is 9.68. The fraction of sp³-hybridized carbons (Fsp3) is 0.273. The zero-order valence-corrected chi connectivity index (χ0v) is 16.0. The quantitative estimate of drug-likeness (QED) is 0.569. The number of rotatable bonds is 7. The molecule has 1 aliphatic heterocycles. The number of ether oxygens (including phenoxy) is 1. The minimum absolute atomic E-state index is 0.0232. The van der Waals surface area contributed by atoms with Crippen molar-refractivity contribution in [3.05, 3.63) is 54.1 Å². The van der Waals surface area contributed by atoms with Gasteiger partial charge < -0.3 is 19.8 Å². The summed E-state index contributed by atoms with van der Waals surface area (Å²) in [6, 6.07) is 14.6. The van der Waals surface area contributed by atoms with E-state index in [1.165, 1.54) is 0 Å². The van der Waals surface area contributed by atoms with Gasteiger partial charge in [0.05, 0.1) is 29.2 Å². The summed E-state index contributed by atoms with van der Waals surface area (Å²) in [5.74, 6) is -0.176. The first-order chi connectivity index (χ1) is 14.2. The lowest BCUT2D eigenvalue weighted by Crippen LogP contribution is -2.19. The zero-order valence-electron chi connectivity index (χ0n) is 16.0. The second kappa shape index (κ2) is 8.36. The highest BCUT2D eigenvalue weighted by molar-refractivity contribution is 5.88. The Morgan fingerprint density at radius 2 is 1.79 bits per heavy atom. The van der Waals surface area contributed by atoms with E-state index in [-0.39, 0.29) is 18.8 Å². The Balaban J connectivity index is 1.63. The van der Waals surface area contributed by atoms with Crippen LogP contribution < -0.4 is 9.64 Å². The molecule has 3 N–H and O–H groups in total. The van der Waals surface area contributed by atoms with Crippen molar-refractivity contribution in [3.63, 3.8) is 0 Å². The maximum Gasteiger partial charge on any atom is 0.335 e. The number of hydrogen-bond acceptors (Lipinski definition) is 5. The summed E-state index contributed by atoms with van der Waals surface area (Å²) >= 11 is 0. The van der Waals surface area contributed by atoms with E-state index in [1.807, 2.05) is 18.2 Å². The Labute approximate surface area is 168 Å². The fourth-order valence-corrected chi connectivity index (χ4v) is 3.57. The average Bonchev–Trinajstić information content (AvgIpc) is 3.44. The number of hydrogen-bond donors (Lipinski definition) is 3. The first-order valence-electron chi connectivity index (χ1n) is 9.68. The third kappa shape index (κ3) is 4.09. The molecular weight excluding hydrogens is 370 g/mol. The van der Waals surface area contributed by atoms with Gasteiger partial charge in [-0.25, -0.2) is 4.79 Å². The molecule has 1 aromatic heterocycles. The van der Waals surface area contributed by atoms with Gasteiger partial charge in [0.1, 0.15) is 12.4 Å². The van der Waals surface area contributed by atoms with Crippen LogP contribution in [0.2, 0.25) is 0 Å². The summed E-state index contributed by atoms with van der Waals surface area (Å²) in [7, 11) is 0. The van der Waals surface area contributed by atoms with Gasteiger partial charge in [-0.15, -0.1) is 0 Å². The van der Waals surface area contributed by atoms with Gasteiger partial charge in [-0.3, -0.25) is 5.10 Å². The van der Waals surface area contributed by atoms with E-state index in [2.05, 4.69) is 21.2 Å². The number of aliphatic hydroxyl groups excluding tert-OH is 1. The number of aromatic nitrogens is 2. The number of H-pyrrole nitrogens is 1. The zero-order chi connectivity index (χ0) is 20.2. The Morgan fingerprint density at radius 3 is 2.48 bits per heavy atom. The molecule has 150 valence electrons. The van der Waals surface area contributed by atoms with Crippen LogP contribution in [0.4, 0.5) is 5.69 Å². The second-order valence-corrected chi connectivity index (χ2v) is 7.00. The minimum atomic E-state index is -0.945. The van der Waals surface area contributed by atoms with Gasteiger partial charge in [-0.2, -0.15) is 5.10 Å². The van der Waals surface area contributed by atoms with Crippen molar-refractivity contribution in [3.8, 4) is 28.3 Å². The van der Waals surface area contributed by atoms with Crippen LogP contribution in [-0.2, 0) is 0 Å². The number of carboxylic acid groups (broad SMARTS) is 1. The normalized spacial score (nSPS) is 13.6. The topological polar surface area (TPSA) is 98.7 Å². The molecule has 4 rings (SSSR count). The van der Waals surface area contributed by atoms with E-state index >= 15 is 0 Å². The van der Waals surface area contributed by atoms with Gasteiger partial charge in [0.2, 0.25) is 0 Å². The predicted octanol–water partition coefficient (Wildman–Crippen LogP) is 3.41. The molecule has 1 saturated heterocycles. The lowest BCUT2D eigenvalue weighted by atomic mass is 10.1. The number of aromatic amines is 1. The molecule has 2 heterocycles. The van der Waals surface area contributed by atoms with Crippen LogP contribution in [0.1, 0.15) is 23.2 Å². The highest BCUT2D eigenvalue weighted by Crippen LogP contribution is 2.35. The Bertz CT molecular complexity index is 992. The maximum absolute atomic E-state index is 11.0. The Kier molecular flexibility index (Phi) is 5.48. The van der Waals surface area contributed by atoms with E-state index in [1.54, 1.807) is 24.3 Å². The molecule has 1 aliphatic rings. The van der Waals surface area contributed by atoms with Crippen LogP contribution >= 0.6 is 0 Å². The van der Waals surface area contributed by atoms with Crippen molar-refractivity contribution in [1.29, 1.82) is 0 Å². The molecule has 0 bridgehead atoms. The van der Waals surface area contributed by atoms with Crippen LogP contribution in [0.25, 0.3) is 22.5 Å². The number of carbonyl (C=O) groups is 1. The van der Waals surface area contributed by atoms with E-state index in [0.29, 0.717) is 0 Å². The standard InChI is InChI=1S/C22H23N3O4/c26-11-12-29-21-8-7-17(13-20(21)25-9-1-2-10-25)19-14-18(23-24-19)15-3-5-16(6-4-15)22(27)28/h3-8,13-14,26H,1-2,9-12H2,(H,23,24)(H,27,28). The lowest BCUT2D eigenvalue weighted by Gasteiger charge is -2.22. The van der Waals surface area contributed by atoms with Gasteiger partial charge in [0.15, 0.2) is 0 Å². The molecule has 0 atom stereocenters. The molecule has 3 aromatic rings. The average molecular weight is 393 g/mol. The molecule has 0 saturated carbocycles. The van der Waals surface area contributed by atoms with Gasteiger partial charge >= 0.3 is 5.97 Å². The van der Waals surface area contributed by atoms with E-state index < -0.39 is 5.97 Å². The van der Waals surface area contributed by atoms with Crippen molar-refractivity contribution in [2.24, 2.45) is 0 Å². The number of aromatic carboxylic acids is 1. The molecule has 0 unspecified atom stereocenters. The highest BCUT2D eigenvalue weighted by Gasteiger charge is 2.18. The number of nitrogens with one attached hydrogen (secondary N) is 1.